The Morgan fingerprint density at radius 3 is 2.75 bits per heavy atom. The summed E-state index contributed by atoms with van der Waals surface area (Å²) in [5, 5.41) is 0. The van der Waals surface area contributed by atoms with E-state index >= 15 is 0 Å². The van der Waals surface area contributed by atoms with Gasteiger partial charge in [0.25, 0.3) is 0 Å². The third-order valence-corrected chi connectivity index (χ3v) is 3.84. The van der Waals surface area contributed by atoms with Gasteiger partial charge >= 0.3 is 6.18 Å². The summed E-state index contributed by atoms with van der Waals surface area (Å²) in [4.78, 5) is 4.26. The number of halogens is 3. The monoisotopic (exact) mass is 280 g/mol. The molecular formula is C15H15F3N2. The molecule has 1 aromatic carbocycles. The number of aromatic nitrogens is 2. The second-order valence-electron chi connectivity index (χ2n) is 5.23. The quantitative estimate of drug-likeness (QED) is 0.753. The second-order valence-corrected chi connectivity index (χ2v) is 5.23. The zero-order valence-corrected chi connectivity index (χ0v) is 11.1. The van der Waals surface area contributed by atoms with E-state index in [-0.39, 0.29) is 11.6 Å². The molecular weight excluding hydrogens is 265 g/mol. The number of fused-ring (bicyclic) bond motifs is 1. The van der Waals surface area contributed by atoms with Crippen LogP contribution in [0.25, 0.3) is 11.4 Å². The van der Waals surface area contributed by atoms with Crippen LogP contribution in [-0.2, 0) is 12.6 Å². The minimum Gasteiger partial charge on any atom is -0.325 e. The standard InChI is InChI=1S/C15H15F3N2/c1-10-5-4-6-11-9-19-14(20(10)11)12-7-2-3-8-13(12)15(16,17)18/h2-3,7-10H,4-6H2,1H3. The first-order chi connectivity index (χ1) is 9.48. The highest BCUT2D eigenvalue weighted by Crippen LogP contribution is 2.38. The lowest BCUT2D eigenvalue weighted by atomic mass is 10.0. The van der Waals surface area contributed by atoms with Crippen molar-refractivity contribution in [2.24, 2.45) is 0 Å². The van der Waals surface area contributed by atoms with Crippen LogP contribution < -0.4 is 0 Å². The predicted octanol–water partition coefficient (Wildman–Crippen LogP) is 4.47. The van der Waals surface area contributed by atoms with Crippen LogP contribution in [0.3, 0.4) is 0 Å². The molecule has 20 heavy (non-hydrogen) atoms. The number of hydrogen-bond donors (Lipinski definition) is 0. The molecule has 0 saturated heterocycles. The Labute approximate surface area is 115 Å². The van der Waals surface area contributed by atoms with Crippen molar-refractivity contribution >= 4 is 0 Å². The van der Waals surface area contributed by atoms with Crippen LogP contribution >= 0.6 is 0 Å². The van der Waals surface area contributed by atoms with E-state index in [2.05, 4.69) is 4.98 Å². The molecule has 0 saturated carbocycles. The van der Waals surface area contributed by atoms with Gasteiger partial charge in [-0.3, -0.25) is 0 Å². The van der Waals surface area contributed by atoms with Gasteiger partial charge in [0.1, 0.15) is 5.82 Å². The molecule has 1 aromatic heterocycles. The molecule has 0 bridgehead atoms. The van der Waals surface area contributed by atoms with E-state index in [0.717, 1.165) is 31.0 Å². The largest absolute Gasteiger partial charge is 0.417 e. The number of rotatable bonds is 1. The smallest absolute Gasteiger partial charge is 0.325 e. The van der Waals surface area contributed by atoms with Crippen molar-refractivity contribution < 1.29 is 13.2 Å². The molecule has 0 N–H and O–H groups in total. The predicted molar refractivity (Wildman–Crippen MR) is 70.3 cm³/mol. The highest BCUT2D eigenvalue weighted by atomic mass is 19.4. The molecule has 3 rings (SSSR count). The summed E-state index contributed by atoms with van der Waals surface area (Å²) < 4.78 is 41.3. The molecule has 0 fully saturated rings. The Morgan fingerprint density at radius 1 is 1.25 bits per heavy atom. The van der Waals surface area contributed by atoms with Crippen molar-refractivity contribution in [1.82, 2.24) is 9.55 Å². The van der Waals surface area contributed by atoms with Gasteiger partial charge in [-0.05, 0) is 32.3 Å². The van der Waals surface area contributed by atoms with Gasteiger partial charge in [0.05, 0.1) is 5.56 Å². The fourth-order valence-electron chi connectivity index (χ4n) is 2.91. The topological polar surface area (TPSA) is 17.8 Å². The van der Waals surface area contributed by atoms with Crippen molar-refractivity contribution in [3.8, 4) is 11.4 Å². The molecule has 0 amide bonds. The van der Waals surface area contributed by atoms with E-state index in [0.29, 0.717) is 5.82 Å². The molecule has 1 unspecified atom stereocenters. The van der Waals surface area contributed by atoms with E-state index in [4.69, 9.17) is 0 Å². The lowest BCUT2D eigenvalue weighted by Gasteiger charge is -2.25. The van der Waals surface area contributed by atoms with E-state index in [1.807, 2.05) is 11.5 Å². The van der Waals surface area contributed by atoms with Crippen molar-refractivity contribution in [2.45, 2.75) is 38.4 Å². The number of imidazole rings is 1. The van der Waals surface area contributed by atoms with E-state index in [1.165, 1.54) is 12.1 Å². The molecule has 0 radical (unpaired) electrons. The Hall–Kier alpha value is -1.78. The molecule has 2 aromatic rings. The maximum absolute atomic E-state index is 13.1. The van der Waals surface area contributed by atoms with Crippen LogP contribution in [0, 0.1) is 0 Å². The van der Waals surface area contributed by atoms with Crippen LogP contribution in [0.1, 0.15) is 37.1 Å². The average Bonchev–Trinajstić information content (AvgIpc) is 2.83. The number of aryl methyl sites for hydroxylation is 1. The summed E-state index contributed by atoms with van der Waals surface area (Å²) in [6.45, 7) is 2.03. The molecule has 2 nitrogen and oxygen atoms in total. The number of benzene rings is 1. The minimum atomic E-state index is -4.36. The van der Waals surface area contributed by atoms with Gasteiger partial charge < -0.3 is 4.57 Å². The summed E-state index contributed by atoms with van der Waals surface area (Å²) in [5.74, 6) is 0.431. The first-order valence-corrected chi connectivity index (χ1v) is 6.71. The zero-order valence-electron chi connectivity index (χ0n) is 11.1. The molecule has 106 valence electrons. The first kappa shape index (κ1) is 13.2. The van der Waals surface area contributed by atoms with Gasteiger partial charge in [-0.25, -0.2) is 4.98 Å². The summed E-state index contributed by atoms with van der Waals surface area (Å²) >= 11 is 0. The van der Waals surface area contributed by atoms with Crippen molar-refractivity contribution in [3.63, 3.8) is 0 Å². The lowest BCUT2D eigenvalue weighted by Crippen LogP contribution is -2.17. The van der Waals surface area contributed by atoms with Crippen LogP contribution in [0.4, 0.5) is 13.2 Å². The molecule has 0 spiro atoms. The first-order valence-electron chi connectivity index (χ1n) is 6.71. The van der Waals surface area contributed by atoms with Crippen LogP contribution in [-0.4, -0.2) is 9.55 Å². The van der Waals surface area contributed by atoms with Gasteiger partial charge in [-0.15, -0.1) is 0 Å². The lowest BCUT2D eigenvalue weighted by molar-refractivity contribution is -0.137. The van der Waals surface area contributed by atoms with Crippen molar-refractivity contribution in [2.75, 3.05) is 0 Å². The third kappa shape index (κ3) is 2.11. The minimum absolute atomic E-state index is 0.167. The van der Waals surface area contributed by atoms with Crippen molar-refractivity contribution in [1.29, 1.82) is 0 Å². The zero-order chi connectivity index (χ0) is 14.3. The number of alkyl halides is 3. The fraction of sp³-hybridized carbons (Fsp3) is 0.400. The van der Waals surface area contributed by atoms with Gasteiger partial charge in [-0.1, -0.05) is 18.2 Å². The Morgan fingerprint density at radius 2 is 2.00 bits per heavy atom. The Bertz CT molecular complexity index is 628. The fourth-order valence-corrected chi connectivity index (χ4v) is 2.91. The van der Waals surface area contributed by atoms with E-state index in [1.54, 1.807) is 12.3 Å². The molecule has 0 aliphatic carbocycles. The molecule has 1 aliphatic heterocycles. The highest BCUT2D eigenvalue weighted by Gasteiger charge is 2.35. The Balaban J connectivity index is 2.18. The summed E-state index contributed by atoms with van der Waals surface area (Å²) in [6.07, 6.45) is 0.266. The van der Waals surface area contributed by atoms with Crippen LogP contribution in [0.2, 0.25) is 0 Å². The average molecular weight is 280 g/mol. The normalized spacial score (nSPS) is 18.9. The van der Waals surface area contributed by atoms with Gasteiger partial charge in [0.2, 0.25) is 0 Å². The summed E-state index contributed by atoms with van der Waals surface area (Å²) in [6, 6.07) is 5.84. The third-order valence-electron chi connectivity index (χ3n) is 3.84. The summed E-state index contributed by atoms with van der Waals surface area (Å²) in [7, 11) is 0. The van der Waals surface area contributed by atoms with Crippen LogP contribution in [0.5, 0.6) is 0 Å². The second kappa shape index (κ2) is 4.65. The van der Waals surface area contributed by atoms with Gasteiger partial charge in [-0.2, -0.15) is 13.2 Å². The molecule has 1 atom stereocenters. The number of hydrogen-bond acceptors (Lipinski definition) is 1. The number of nitrogens with zero attached hydrogens (tertiary/aromatic N) is 2. The maximum atomic E-state index is 13.1. The summed E-state index contributed by atoms with van der Waals surface area (Å²) in [5.41, 5.74) is 0.571. The van der Waals surface area contributed by atoms with Crippen LogP contribution in [0.15, 0.2) is 30.5 Å². The van der Waals surface area contributed by atoms with Gasteiger partial charge in [0.15, 0.2) is 0 Å². The SMILES string of the molecule is CC1CCCc2cnc(-c3ccccc3C(F)(F)F)n21. The maximum Gasteiger partial charge on any atom is 0.417 e. The Kier molecular flexibility index (Phi) is 3.07. The van der Waals surface area contributed by atoms with Crippen molar-refractivity contribution in [3.05, 3.63) is 41.7 Å². The van der Waals surface area contributed by atoms with Gasteiger partial charge in [0, 0.05) is 23.5 Å². The van der Waals surface area contributed by atoms with E-state index < -0.39 is 11.7 Å². The molecule has 5 heteroatoms. The highest BCUT2D eigenvalue weighted by molar-refractivity contribution is 5.62. The van der Waals surface area contributed by atoms with E-state index in [9.17, 15) is 13.2 Å². The molecule has 2 heterocycles. The molecule has 1 aliphatic rings.